The number of halogens is 1. The quantitative estimate of drug-likeness (QED) is 0.680. The summed E-state index contributed by atoms with van der Waals surface area (Å²) in [5, 5.41) is 0.583. The first-order chi connectivity index (χ1) is 5.84. The molecule has 0 atom stereocenters. The lowest BCUT2D eigenvalue weighted by Crippen LogP contribution is -2.18. The molecule has 3 heteroatoms. The van der Waals surface area contributed by atoms with E-state index in [4.69, 9.17) is 11.6 Å². The first kappa shape index (κ1) is 10.6. The third-order valence-corrected chi connectivity index (χ3v) is 2.32. The Morgan fingerprint density at radius 1 is 1.38 bits per heavy atom. The highest BCUT2D eigenvalue weighted by Crippen LogP contribution is 2.27. The van der Waals surface area contributed by atoms with Crippen LogP contribution in [0.1, 0.15) is 46.4 Å². The van der Waals surface area contributed by atoms with Gasteiger partial charge in [0.15, 0.2) is 0 Å². The van der Waals surface area contributed by atoms with Gasteiger partial charge < -0.3 is 4.57 Å². The van der Waals surface area contributed by atoms with Crippen molar-refractivity contribution in [2.45, 2.75) is 46.1 Å². The molecule has 0 fully saturated rings. The second-order valence-electron chi connectivity index (χ2n) is 4.63. The Kier molecular flexibility index (Phi) is 2.71. The van der Waals surface area contributed by atoms with Gasteiger partial charge in [0.25, 0.3) is 0 Å². The minimum Gasteiger partial charge on any atom is -0.316 e. The molecule has 0 aromatic carbocycles. The zero-order valence-electron chi connectivity index (χ0n) is 8.93. The van der Waals surface area contributed by atoms with Gasteiger partial charge in [-0.25, -0.2) is 4.98 Å². The van der Waals surface area contributed by atoms with Crippen LogP contribution in [-0.2, 0) is 5.41 Å². The van der Waals surface area contributed by atoms with Gasteiger partial charge >= 0.3 is 0 Å². The van der Waals surface area contributed by atoms with Gasteiger partial charge in [-0.3, -0.25) is 0 Å². The molecule has 1 rings (SSSR count). The Labute approximate surface area is 84.9 Å². The maximum Gasteiger partial charge on any atom is 0.203 e. The van der Waals surface area contributed by atoms with Crippen molar-refractivity contribution >= 4 is 11.6 Å². The average Bonchev–Trinajstić information content (AvgIpc) is 2.28. The van der Waals surface area contributed by atoms with Crippen LogP contribution in [0.5, 0.6) is 0 Å². The van der Waals surface area contributed by atoms with E-state index in [1.165, 1.54) is 5.69 Å². The summed E-state index contributed by atoms with van der Waals surface area (Å²) in [6, 6.07) is 0.365. The molecule has 0 bridgehead atoms. The maximum atomic E-state index is 6.00. The smallest absolute Gasteiger partial charge is 0.203 e. The third-order valence-electron chi connectivity index (χ3n) is 2.04. The summed E-state index contributed by atoms with van der Waals surface area (Å²) >= 11 is 6.00. The lowest BCUT2D eigenvalue weighted by molar-refractivity contribution is 0.485. The van der Waals surface area contributed by atoms with Crippen LogP contribution in [0.3, 0.4) is 0 Å². The van der Waals surface area contributed by atoms with Gasteiger partial charge in [-0.15, -0.1) is 0 Å². The summed E-state index contributed by atoms with van der Waals surface area (Å²) in [5.41, 5.74) is 1.29. The lowest BCUT2D eigenvalue weighted by Gasteiger charge is -2.23. The zero-order valence-corrected chi connectivity index (χ0v) is 9.68. The molecule has 1 aromatic rings. The fourth-order valence-corrected chi connectivity index (χ4v) is 1.72. The summed E-state index contributed by atoms with van der Waals surface area (Å²) in [6.45, 7) is 10.7. The van der Waals surface area contributed by atoms with Crippen molar-refractivity contribution in [1.29, 1.82) is 0 Å². The fourth-order valence-electron chi connectivity index (χ4n) is 1.38. The van der Waals surface area contributed by atoms with Crippen molar-refractivity contribution in [2.75, 3.05) is 0 Å². The average molecular weight is 201 g/mol. The number of rotatable bonds is 1. The number of hydrogen-bond donors (Lipinski definition) is 0. The Hall–Kier alpha value is -0.500. The van der Waals surface area contributed by atoms with Crippen molar-refractivity contribution in [1.82, 2.24) is 9.55 Å². The molecule has 0 radical (unpaired) electrons. The predicted molar refractivity (Wildman–Crippen MR) is 56.3 cm³/mol. The molecular formula is C10H17ClN2. The molecule has 0 aliphatic rings. The molecule has 2 nitrogen and oxygen atoms in total. The Bertz CT molecular complexity index is 294. The maximum absolute atomic E-state index is 6.00. The SMILES string of the molecule is CC(C)n1c(C(C)(C)C)cnc1Cl. The normalized spacial score (nSPS) is 12.5. The van der Waals surface area contributed by atoms with Crippen molar-refractivity contribution in [3.63, 3.8) is 0 Å². The van der Waals surface area contributed by atoms with Crippen molar-refractivity contribution < 1.29 is 0 Å². The van der Waals surface area contributed by atoms with Crippen LogP contribution in [0.25, 0.3) is 0 Å². The molecule has 74 valence electrons. The molecule has 1 heterocycles. The fraction of sp³-hybridized carbons (Fsp3) is 0.700. The summed E-state index contributed by atoms with van der Waals surface area (Å²) in [5.74, 6) is 0. The summed E-state index contributed by atoms with van der Waals surface area (Å²) in [4.78, 5) is 4.13. The lowest BCUT2D eigenvalue weighted by atomic mass is 9.92. The second kappa shape index (κ2) is 3.33. The van der Waals surface area contributed by atoms with Crippen molar-refractivity contribution in [2.24, 2.45) is 0 Å². The van der Waals surface area contributed by atoms with Crippen molar-refractivity contribution in [3.8, 4) is 0 Å². The van der Waals surface area contributed by atoms with E-state index in [0.29, 0.717) is 11.3 Å². The van der Waals surface area contributed by atoms with E-state index in [-0.39, 0.29) is 5.41 Å². The minimum absolute atomic E-state index is 0.102. The Morgan fingerprint density at radius 3 is 2.23 bits per heavy atom. The second-order valence-corrected chi connectivity index (χ2v) is 4.96. The highest BCUT2D eigenvalue weighted by molar-refractivity contribution is 6.28. The van der Waals surface area contributed by atoms with Gasteiger partial charge in [0.2, 0.25) is 5.28 Å². The highest BCUT2D eigenvalue weighted by Gasteiger charge is 2.22. The van der Waals surface area contributed by atoms with Crippen LogP contribution in [0.4, 0.5) is 0 Å². The molecule has 0 saturated heterocycles. The first-order valence-electron chi connectivity index (χ1n) is 4.57. The van der Waals surface area contributed by atoms with E-state index < -0.39 is 0 Å². The standard InChI is InChI=1S/C10H17ClN2/c1-7(2)13-8(10(3,4)5)6-12-9(13)11/h6-7H,1-5H3. The molecule has 1 aromatic heterocycles. The number of aromatic nitrogens is 2. The van der Waals surface area contributed by atoms with Crippen LogP contribution in [0.2, 0.25) is 5.28 Å². The molecule has 0 saturated carbocycles. The molecule has 13 heavy (non-hydrogen) atoms. The van der Waals surface area contributed by atoms with E-state index in [1.54, 1.807) is 0 Å². The van der Waals surface area contributed by atoms with Crippen LogP contribution in [0.15, 0.2) is 6.20 Å². The highest BCUT2D eigenvalue weighted by atomic mass is 35.5. The molecule has 0 aliphatic carbocycles. The Morgan fingerprint density at radius 2 is 1.92 bits per heavy atom. The molecule has 0 amide bonds. The van der Waals surface area contributed by atoms with E-state index in [1.807, 2.05) is 6.20 Å². The summed E-state index contributed by atoms with van der Waals surface area (Å²) in [6.07, 6.45) is 1.86. The van der Waals surface area contributed by atoms with Gasteiger partial charge in [0, 0.05) is 17.2 Å². The Balaban J connectivity index is 3.23. The molecule has 0 unspecified atom stereocenters. The molecule has 0 N–H and O–H groups in total. The van der Waals surface area contributed by atoms with E-state index >= 15 is 0 Å². The van der Waals surface area contributed by atoms with Crippen molar-refractivity contribution in [3.05, 3.63) is 17.2 Å². The summed E-state index contributed by atoms with van der Waals surface area (Å²) in [7, 11) is 0. The van der Waals surface area contributed by atoms with Crippen LogP contribution in [-0.4, -0.2) is 9.55 Å². The number of hydrogen-bond acceptors (Lipinski definition) is 1. The largest absolute Gasteiger partial charge is 0.316 e. The van der Waals surface area contributed by atoms with Crippen LogP contribution in [0, 0.1) is 0 Å². The zero-order chi connectivity index (χ0) is 10.2. The van der Waals surface area contributed by atoms with E-state index in [9.17, 15) is 0 Å². The third kappa shape index (κ3) is 2.05. The van der Waals surface area contributed by atoms with Gasteiger partial charge in [-0.1, -0.05) is 20.8 Å². The molecule has 0 aliphatic heterocycles. The number of imidazole rings is 1. The minimum atomic E-state index is 0.102. The van der Waals surface area contributed by atoms with E-state index in [2.05, 4.69) is 44.2 Å². The van der Waals surface area contributed by atoms with Crippen LogP contribution < -0.4 is 0 Å². The van der Waals surface area contributed by atoms with Gasteiger partial charge in [0.05, 0.1) is 6.20 Å². The number of nitrogens with zero attached hydrogens (tertiary/aromatic N) is 2. The molecule has 0 spiro atoms. The topological polar surface area (TPSA) is 17.8 Å². The monoisotopic (exact) mass is 200 g/mol. The van der Waals surface area contributed by atoms with E-state index in [0.717, 1.165) is 0 Å². The predicted octanol–water partition coefficient (Wildman–Crippen LogP) is 3.41. The summed E-state index contributed by atoms with van der Waals surface area (Å²) < 4.78 is 2.07. The first-order valence-corrected chi connectivity index (χ1v) is 4.95. The van der Waals surface area contributed by atoms with Gasteiger partial charge in [-0.2, -0.15) is 0 Å². The van der Waals surface area contributed by atoms with Gasteiger partial charge in [0.1, 0.15) is 0 Å². The van der Waals surface area contributed by atoms with Gasteiger partial charge in [-0.05, 0) is 25.4 Å². The van der Waals surface area contributed by atoms with Crippen LogP contribution >= 0.6 is 11.6 Å². The molecular weight excluding hydrogens is 184 g/mol.